The van der Waals surface area contributed by atoms with Crippen LogP contribution in [0.4, 0.5) is 10.1 Å². The van der Waals surface area contributed by atoms with Crippen LogP contribution in [0.25, 0.3) is 0 Å². The maximum Gasteiger partial charge on any atom is 0.196 e. The van der Waals surface area contributed by atoms with E-state index in [0.717, 1.165) is 11.3 Å². The van der Waals surface area contributed by atoms with E-state index in [9.17, 15) is 9.50 Å². The zero-order chi connectivity index (χ0) is 19.6. The Labute approximate surface area is 182 Å². The predicted octanol–water partition coefficient (Wildman–Crippen LogP) is 3.92. The second-order valence-electron chi connectivity index (χ2n) is 5.70. The van der Waals surface area contributed by atoms with E-state index < -0.39 is 5.82 Å². The molecule has 0 heterocycles. The second kappa shape index (κ2) is 12.4. The number of hydrogen-bond donors (Lipinski definition) is 3. The van der Waals surface area contributed by atoms with Gasteiger partial charge < -0.3 is 25.2 Å². The van der Waals surface area contributed by atoms with Crippen molar-refractivity contribution in [2.24, 2.45) is 4.99 Å². The molecule has 0 atom stereocenters. The monoisotopic (exact) mass is 503 g/mol. The van der Waals surface area contributed by atoms with Gasteiger partial charge in [-0.3, -0.25) is 0 Å². The maximum atomic E-state index is 13.5. The van der Waals surface area contributed by atoms with Gasteiger partial charge in [-0.25, -0.2) is 9.38 Å². The Morgan fingerprint density at radius 1 is 1.14 bits per heavy atom. The van der Waals surface area contributed by atoms with Gasteiger partial charge in [0.1, 0.15) is 5.82 Å². The summed E-state index contributed by atoms with van der Waals surface area (Å²) in [6, 6.07) is 10.2. The van der Waals surface area contributed by atoms with Crippen molar-refractivity contribution in [1.29, 1.82) is 0 Å². The number of hydrogen-bond acceptors (Lipinski definition) is 4. The van der Waals surface area contributed by atoms with E-state index in [-0.39, 0.29) is 36.1 Å². The number of halogens is 2. The van der Waals surface area contributed by atoms with E-state index in [4.69, 9.17) is 9.47 Å². The fourth-order valence-corrected chi connectivity index (χ4v) is 2.48. The summed E-state index contributed by atoms with van der Waals surface area (Å²) in [7, 11) is 1.59. The normalized spacial score (nSPS) is 10.8. The number of aliphatic hydroxyl groups is 1. The van der Waals surface area contributed by atoms with Crippen LogP contribution in [0.15, 0.2) is 41.4 Å². The van der Waals surface area contributed by atoms with Gasteiger partial charge in [-0.1, -0.05) is 6.07 Å². The molecule has 0 aliphatic rings. The smallest absolute Gasteiger partial charge is 0.196 e. The number of guanidine groups is 1. The lowest BCUT2D eigenvalue weighted by Crippen LogP contribution is -2.30. The molecule has 28 heavy (non-hydrogen) atoms. The van der Waals surface area contributed by atoms with E-state index >= 15 is 0 Å². The minimum atomic E-state index is -0.420. The lowest BCUT2D eigenvalue weighted by molar-refractivity contribution is 0.275. The van der Waals surface area contributed by atoms with Gasteiger partial charge in [-0.2, -0.15) is 0 Å². The summed E-state index contributed by atoms with van der Waals surface area (Å²) in [5.74, 6) is 1.47. The van der Waals surface area contributed by atoms with Crippen molar-refractivity contribution in [3.8, 4) is 11.5 Å². The molecule has 2 aromatic carbocycles. The summed E-state index contributed by atoms with van der Waals surface area (Å²) < 4.78 is 24.4. The van der Waals surface area contributed by atoms with Crippen LogP contribution in [0.2, 0.25) is 0 Å². The molecule has 0 fully saturated rings. The molecule has 6 nitrogen and oxygen atoms in total. The van der Waals surface area contributed by atoms with E-state index in [2.05, 4.69) is 15.6 Å². The zero-order valence-electron chi connectivity index (χ0n) is 16.3. The third-order valence-corrected chi connectivity index (χ3v) is 3.77. The van der Waals surface area contributed by atoms with Gasteiger partial charge >= 0.3 is 0 Å². The van der Waals surface area contributed by atoms with Crippen LogP contribution in [0.3, 0.4) is 0 Å². The van der Waals surface area contributed by atoms with Gasteiger partial charge in [0, 0.05) is 23.9 Å². The van der Waals surface area contributed by atoms with Crippen LogP contribution < -0.4 is 20.1 Å². The highest BCUT2D eigenvalue weighted by atomic mass is 127. The molecule has 0 bridgehead atoms. The van der Waals surface area contributed by atoms with Crippen molar-refractivity contribution < 1.29 is 19.0 Å². The summed E-state index contributed by atoms with van der Waals surface area (Å²) in [4.78, 5) is 4.52. The van der Waals surface area contributed by atoms with Crippen LogP contribution in [0.5, 0.6) is 11.5 Å². The number of methoxy groups -OCH3 is 1. The Morgan fingerprint density at radius 3 is 2.57 bits per heavy atom. The van der Waals surface area contributed by atoms with Crippen molar-refractivity contribution >= 4 is 35.6 Å². The number of anilines is 1. The first-order valence-corrected chi connectivity index (χ1v) is 8.85. The summed E-state index contributed by atoms with van der Waals surface area (Å²) in [6.45, 7) is 5.13. The molecule has 3 N–H and O–H groups in total. The highest BCUT2D eigenvalue weighted by Crippen LogP contribution is 2.30. The molecular weight excluding hydrogens is 476 g/mol. The van der Waals surface area contributed by atoms with Crippen molar-refractivity contribution in [1.82, 2.24) is 5.32 Å². The van der Waals surface area contributed by atoms with Gasteiger partial charge in [0.15, 0.2) is 17.5 Å². The molecule has 0 amide bonds. The maximum absolute atomic E-state index is 13.5. The number of nitrogens with one attached hydrogen (secondary N) is 2. The van der Waals surface area contributed by atoms with Gasteiger partial charge in [-0.05, 0) is 43.7 Å². The molecule has 2 aromatic rings. The number of benzene rings is 2. The van der Waals surface area contributed by atoms with Gasteiger partial charge in [0.25, 0.3) is 0 Å². The molecule has 0 aromatic heterocycles. The van der Waals surface area contributed by atoms with Crippen LogP contribution in [-0.4, -0.2) is 31.3 Å². The van der Waals surface area contributed by atoms with E-state index in [1.807, 2.05) is 32.0 Å². The van der Waals surface area contributed by atoms with E-state index in [1.54, 1.807) is 19.2 Å². The first-order chi connectivity index (χ1) is 13.1. The van der Waals surface area contributed by atoms with Crippen molar-refractivity contribution in [3.05, 3.63) is 53.3 Å². The summed E-state index contributed by atoms with van der Waals surface area (Å²) in [5, 5.41) is 15.6. The standard InChI is InChI=1S/C20H26FN3O3.HI/c1-4-22-20(23-12-14-6-8-17(21)15(10-14)13-25)24-16-7-9-18(27-5-2)19(11-16)26-3;/h6-11,25H,4-5,12-13H2,1-3H3,(H2,22,23,24);1H. The molecule has 0 saturated carbocycles. The number of ether oxygens (including phenoxy) is 2. The largest absolute Gasteiger partial charge is 0.493 e. The number of rotatable bonds is 8. The molecule has 0 aliphatic heterocycles. The van der Waals surface area contributed by atoms with Crippen LogP contribution in [0, 0.1) is 5.82 Å². The quantitative estimate of drug-likeness (QED) is 0.289. The SMILES string of the molecule is CCNC(=NCc1ccc(F)c(CO)c1)Nc1ccc(OCC)c(OC)c1.I. The van der Waals surface area contributed by atoms with Crippen molar-refractivity contribution in [2.45, 2.75) is 27.0 Å². The third kappa shape index (κ3) is 6.83. The molecule has 0 unspecified atom stereocenters. The molecule has 0 spiro atoms. The average molecular weight is 503 g/mol. The fourth-order valence-electron chi connectivity index (χ4n) is 2.48. The lowest BCUT2D eigenvalue weighted by atomic mass is 10.1. The first kappa shape index (κ1) is 24.0. The van der Waals surface area contributed by atoms with Gasteiger partial charge in [-0.15, -0.1) is 24.0 Å². The van der Waals surface area contributed by atoms with Gasteiger partial charge in [0.05, 0.1) is 26.9 Å². The number of aliphatic imine (C=N–C) groups is 1. The zero-order valence-corrected chi connectivity index (χ0v) is 18.6. The van der Waals surface area contributed by atoms with Crippen LogP contribution in [0.1, 0.15) is 25.0 Å². The Hall–Kier alpha value is -2.07. The van der Waals surface area contributed by atoms with E-state index in [0.29, 0.717) is 37.2 Å². The number of nitrogens with zero attached hydrogens (tertiary/aromatic N) is 1. The van der Waals surface area contributed by atoms with E-state index in [1.165, 1.54) is 6.07 Å². The lowest BCUT2D eigenvalue weighted by Gasteiger charge is -2.14. The first-order valence-electron chi connectivity index (χ1n) is 8.85. The topological polar surface area (TPSA) is 75.1 Å². The minimum absolute atomic E-state index is 0. The predicted molar refractivity (Wildman–Crippen MR) is 120 cm³/mol. The molecule has 154 valence electrons. The average Bonchev–Trinajstić information content (AvgIpc) is 2.68. The Bertz CT molecular complexity index is 787. The third-order valence-electron chi connectivity index (χ3n) is 3.77. The summed E-state index contributed by atoms with van der Waals surface area (Å²) in [6.07, 6.45) is 0. The highest BCUT2D eigenvalue weighted by Gasteiger charge is 2.07. The molecule has 0 aliphatic carbocycles. The molecule has 2 rings (SSSR count). The minimum Gasteiger partial charge on any atom is -0.493 e. The highest BCUT2D eigenvalue weighted by molar-refractivity contribution is 14.0. The summed E-state index contributed by atoms with van der Waals surface area (Å²) in [5.41, 5.74) is 1.86. The fraction of sp³-hybridized carbons (Fsp3) is 0.350. The van der Waals surface area contributed by atoms with Crippen molar-refractivity contribution in [2.75, 3.05) is 25.6 Å². The van der Waals surface area contributed by atoms with Gasteiger partial charge in [0.2, 0.25) is 0 Å². The molecule has 8 heteroatoms. The molecule has 0 saturated heterocycles. The van der Waals surface area contributed by atoms with Crippen LogP contribution in [-0.2, 0) is 13.2 Å². The molecular formula is C20H27FIN3O3. The Balaban J connectivity index is 0.00000392. The Kier molecular flexibility index (Phi) is 10.6. The Morgan fingerprint density at radius 2 is 1.93 bits per heavy atom. The molecule has 0 radical (unpaired) electrons. The van der Waals surface area contributed by atoms with Crippen molar-refractivity contribution in [3.63, 3.8) is 0 Å². The number of aliphatic hydroxyl groups excluding tert-OH is 1. The van der Waals surface area contributed by atoms with Crippen LogP contribution >= 0.6 is 24.0 Å². The second-order valence-corrected chi connectivity index (χ2v) is 5.70. The summed E-state index contributed by atoms with van der Waals surface area (Å²) >= 11 is 0.